The van der Waals surface area contributed by atoms with Crippen LogP contribution in [-0.4, -0.2) is 49.7 Å². The van der Waals surface area contributed by atoms with Crippen molar-refractivity contribution in [3.8, 4) is 11.5 Å². The Morgan fingerprint density at radius 1 is 0.767 bits per heavy atom. The number of carbonyl (C=O) groups is 2. The van der Waals surface area contributed by atoms with Crippen LogP contribution in [0.5, 0.6) is 11.5 Å². The fraction of sp³-hybridized carbons (Fsp3) is 0.636. The third-order valence-corrected chi connectivity index (χ3v) is 3.32. The maximum absolute atomic E-state index is 11.6. The zero-order valence-corrected chi connectivity index (χ0v) is 19.0. The van der Waals surface area contributed by atoms with Crippen LogP contribution in [0.15, 0.2) is 24.3 Å². The maximum atomic E-state index is 11.6. The van der Waals surface area contributed by atoms with E-state index in [-0.39, 0.29) is 0 Å². The van der Waals surface area contributed by atoms with Gasteiger partial charge in [0.1, 0.15) is 22.7 Å². The van der Waals surface area contributed by atoms with Gasteiger partial charge in [0.15, 0.2) is 0 Å². The third kappa shape index (κ3) is 13.5. The lowest BCUT2D eigenvalue weighted by atomic mass is 10.2. The molecular formula is C22H36N2O6. The van der Waals surface area contributed by atoms with E-state index in [0.29, 0.717) is 50.6 Å². The molecule has 30 heavy (non-hydrogen) atoms. The minimum absolute atomic E-state index is 0.431. The molecule has 0 fully saturated rings. The van der Waals surface area contributed by atoms with Gasteiger partial charge in [0.2, 0.25) is 0 Å². The van der Waals surface area contributed by atoms with Crippen molar-refractivity contribution in [1.82, 2.24) is 10.6 Å². The molecular weight excluding hydrogens is 388 g/mol. The molecule has 1 aromatic rings. The molecule has 2 N–H and O–H groups in total. The summed E-state index contributed by atoms with van der Waals surface area (Å²) in [6, 6.07) is 7.35. The lowest BCUT2D eigenvalue weighted by Crippen LogP contribution is -2.33. The van der Waals surface area contributed by atoms with Crippen molar-refractivity contribution in [1.29, 1.82) is 0 Å². The summed E-state index contributed by atoms with van der Waals surface area (Å²) >= 11 is 0. The molecule has 0 radical (unpaired) electrons. The third-order valence-electron chi connectivity index (χ3n) is 3.32. The van der Waals surface area contributed by atoms with Gasteiger partial charge in [0, 0.05) is 19.2 Å². The Hall–Kier alpha value is -2.64. The number of carbonyl (C=O) groups excluding carboxylic acids is 2. The second kappa shape index (κ2) is 12.1. The number of alkyl carbamates (subject to hydrolysis) is 2. The number of amides is 2. The Balaban J connectivity index is 2.19. The van der Waals surface area contributed by atoms with E-state index < -0.39 is 23.4 Å². The van der Waals surface area contributed by atoms with Crippen molar-refractivity contribution >= 4 is 12.2 Å². The molecule has 0 unspecified atom stereocenters. The van der Waals surface area contributed by atoms with Crippen molar-refractivity contribution in [2.45, 2.75) is 65.6 Å². The highest BCUT2D eigenvalue weighted by Gasteiger charge is 2.16. The first kappa shape index (κ1) is 25.4. The Morgan fingerprint density at radius 3 is 1.53 bits per heavy atom. The van der Waals surface area contributed by atoms with Crippen LogP contribution in [0.2, 0.25) is 0 Å². The molecule has 8 heteroatoms. The first-order valence-corrected chi connectivity index (χ1v) is 10.2. The second-order valence-corrected chi connectivity index (χ2v) is 8.74. The standard InChI is InChI=1S/C22H36N2O6/c1-21(2,3)29-19(25)23-12-8-14-27-17-10-7-11-18(16-17)28-15-9-13-24-20(26)30-22(4,5)6/h7,10-11,16H,8-9,12-15H2,1-6H3,(H,23,25)(H,24,26). The van der Waals surface area contributed by atoms with Crippen LogP contribution >= 0.6 is 0 Å². The maximum Gasteiger partial charge on any atom is 0.407 e. The first-order valence-electron chi connectivity index (χ1n) is 10.2. The van der Waals surface area contributed by atoms with Crippen molar-refractivity contribution in [2.24, 2.45) is 0 Å². The lowest BCUT2D eigenvalue weighted by Gasteiger charge is -2.19. The Labute approximate surface area is 179 Å². The van der Waals surface area contributed by atoms with E-state index in [1.807, 2.05) is 65.8 Å². The quantitative estimate of drug-likeness (QED) is 0.545. The molecule has 0 aliphatic heterocycles. The van der Waals surface area contributed by atoms with Gasteiger partial charge >= 0.3 is 12.2 Å². The van der Waals surface area contributed by atoms with Gasteiger partial charge < -0.3 is 29.6 Å². The van der Waals surface area contributed by atoms with Gasteiger partial charge in [-0.1, -0.05) is 6.07 Å². The van der Waals surface area contributed by atoms with Crippen LogP contribution in [0, 0.1) is 0 Å². The number of benzene rings is 1. The SMILES string of the molecule is CC(C)(C)OC(=O)NCCCOc1cccc(OCCCNC(=O)OC(C)(C)C)c1. The zero-order chi connectivity index (χ0) is 22.6. The molecule has 1 aromatic carbocycles. The molecule has 0 aromatic heterocycles. The van der Waals surface area contributed by atoms with Crippen molar-refractivity contribution in [3.63, 3.8) is 0 Å². The molecule has 0 saturated heterocycles. The predicted molar refractivity (Wildman–Crippen MR) is 115 cm³/mol. The molecule has 0 saturated carbocycles. The predicted octanol–water partition coefficient (Wildman–Crippen LogP) is 4.27. The van der Waals surface area contributed by atoms with Crippen molar-refractivity contribution in [2.75, 3.05) is 26.3 Å². The Kier molecular flexibility index (Phi) is 10.3. The van der Waals surface area contributed by atoms with Crippen LogP contribution in [-0.2, 0) is 9.47 Å². The minimum Gasteiger partial charge on any atom is -0.493 e. The van der Waals surface area contributed by atoms with Crippen molar-refractivity contribution in [3.05, 3.63) is 24.3 Å². The lowest BCUT2D eigenvalue weighted by molar-refractivity contribution is 0.0514. The Bertz CT molecular complexity index is 611. The van der Waals surface area contributed by atoms with E-state index >= 15 is 0 Å². The molecule has 0 bridgehead atoms. The van der Waals surface area contributed by atoms with E-state index in [1.165, 1.54) is 0 Å². The Morgan fingerprint density at radius 2 is 1.17 bits per heavy atom. The summed E-state index contributed by atoms with van der Waals surface area (Å²) in [7, 11) is 0. The van der Waals surface area contributed by atoms with Gasteiger partial charge in [0.25, 0.3) is 0 Å². The van der Waals surface area contributed by atoms with Gasteiger partial charge in [-0.15, -0.1) is 0 Å². The summed E-state index contributed by atoms with van der Waals surface area (Å²) in [5, 5.41) is 5.38. The first-order chi connectivity index (χ1) is 13.9. The van der Waals surface area contributed by atoms with Crippen LogP contribution in [0.3, 0.4) is 0 Å². The molecule has 0 heterocycles. The largest absolute Gasteiger partial charge is 0.493 e. The fourth-order valence-electron chi connectivity index (χ4n) is 2.19. The summed E-state index contributed by atoms with van der Waals surface area (Å²) in [4.78, 5) is 23.1. The summed E-state index contributed by atoms with van der Waals surface area (Å²) in [5.41, 5.74) is -1.01. The number of ether oxygens (including phenoxy) is 4. The molecule has 0 spiro atoms. The molecule has 8 nitrogen and oxygen atoms in total. The highest BCUT2D eigenvalue weighted by Crippen LogP contribution is 2.19. The van der Waals surface area contributed by atoms with Crippen LogP contribution < -0.4 is 20.1 Å². The van der Waals surface area contributed by atoms with Crippen LogP contribution in [0.25, 0.3) is 0 Å². The van der Waals surface area contributed by atoms with Crippen molar-refractivity contribution < 1.29 is 28.5 Å². The highest BCUT2D eigenvalue weighted by atomic mass is 16.6. The summed E-state index contributed by atoms with van der Waals surface area (Å²) in [6.45, 7) is 12.8. The minimum atomic E-state index is -0.507. The summed E-state index contributed by atoms with van der Waals surface area (Å²) in [6.07, 6.45) is 0.444. The average Bonchev–Trinajstić information content (AvgIpc) is 2.58. The monoisotopic (exact) mass is 424 g/mol. The van der Waals surface area contributed by atoms with E-state index in [4.69, 9.17) is 18.9 Å². The summed E-state index contributed by atoms with van der Waals surface area (Å²) < 4.78 is 21.7. The average molecular weight is 425 g/mol. The molecule has 0 aliphatic carbocycles. The summed E-state index contributed by atoms with van der Waals surface area (Å²) in [5.74, 6) is 1.38. The number of nitrogens with one attached hydrogen (secondary N) is 2. The number of hydrogen-bond acceptors (Lipinski definition) is 6. The van der Waals surface area contributed by atoms with Gasteiger partial charge in [-0.3, -0.25) is 0 Å². The van der Waals surface area contributed by atoms with Crippen LogP contribution in [0.1, 0.15) is 54.4 Å². The van der Waals surface area contributed by atoms with Gasteiger partial charge in [0.05, 0.1) is 13.2 Å². The smallest absolute Gasteiger partial charge is 0.407 e. The van der Waals surface area contributed by atoms with E-state index in [2.05, 4.69) is 10.6 Å². The van der Waals surface area contributed by atoms with E-state index in [9.17, 15) is 9.59 Å². The molecule has 170 valence electrons. The number of rotatable bonds is 10. The second-order valence-electron chi connectivity index (χ2n) is 8.74. The van der Waals surface area contributed by atoms with Gasteiger partial charge in [-0.25, -0.2) is 9.59 Å². The van der Waals surface area contributed by atoms with Crippen LogP contribution in [0.4, 0.5) is 9.59 Å². The van der Waals surface area contributed by atoms with Gasteiger partial charge in [-0.05, 0) is 66.5 Å². The fourth-order valence-corrected chi connectivity index (χ4v) is 2.19. The van der Waals surface area contributed by atoms with E-state index in [0.717, 1.165) is 0 Å². The topological polar surface area (TPSA) is 95.1 Å². The van der Waals surface area contributed by atoms with E-state index in [1.54, 1.807) is 0 Å². The normalized spacial score (nSPS) is 11.4. The molecule has 2 amide bonds. The molecule has 0 atom stereocenters. The molecule has 1 rings (SSSR count). The molecule has 0 aliphatic rings. The van der Waals surface area contributed by atoms with Gasteiger partial charge in [-0.2, -0.15) is 0 Å². The zero-order valence-electron chi connectivity index (χ0n) is 19.0. The number of hydrogen-bond donors (Lipinski definition) is 2. The highest BCUT2D eigenvalue weighted by molar-refractivity contribution is 5.67.